The molecule has 0 aromatic heterocycles. The first-order valence-electron chi connectivity index (χ1n) is 5.03. The van der Waals surface area contributed by atoms with Crippen molar-refractivity contribution in [1.29, 1.82) is 0 Å². The molecule has 0 aliphatic carbocycles. The predicted molar refractivity (Wildman–Crippen MR) is 57.3 cm³/mol. The van der Waals surface area contributed by atoms with Gasteiger partial charge in [-0.05, 0) is 0 Å². The molecule has 98 valence electrons. The van der Waals surface area contributed by atoms with Crippen LogP contribution in [0.2, 0.25) is 0 Å². The van der Waals surface area contributed by atoms with Crippen molar-refractivity contribution in [2.75, 3.05) is 27.7 Å². The number of quaternary nitrogens is 1. The first-order chi connectivity index (χ1) is 7.60. The molecule has 0 heterocycles. The van der Waals surface area contributed by atoms with E-state index in [2.05, 4.69) is 0 Å². The number of ether oxygens (including phenoxy) is 1. The molecular formula is C10H18NO6+. The molecule has 0 aromatic carbocycles. The number of likely N-dealkylation sites (N-methyl/N-ethyl adjacent to an activating group) is 1. The zero-order chi connectivity index (χ0) is 13.6. The number of rotatable bonds is 7. The summed E-state index contributed by atoms with van der Waals surface area (Å²) >= 11 is 0. The number of nitrogens with zero attached hydrogens (tertiary/aromatic N) is 1. The van der Waals surface area contributed by atoms with Crippen LogP contribution >= 0.6 is 0 Å². The van der Waals surface area contributed by atoms with Crippen molar-refractivity contribution < 1.29 is 33.8 Å². The fourth-order valence-corrected chi connectivity index (χ4v) is 1.30. The van der Waals surface area contributed by atoms with Gasteiger partial charge in [-0.2, -0.15) is 0 Å². The van der Waals surface area contributed by atoms with E-state index < -0.39 is 30.4 Å². The number of carboxylic acid groups (broad SMARTS) is 2. The van der Waals surface area contributed by atoms with E-state index in [1.807, 2.05) is 21.1 Å². The van der Waals surface area contributed by atoms with E-state index in [9.17, 15) is 14.4 Å². The Morgan fingerprint density at radius 2 is 1.65 bits per heavy atom. The Morgan fingerprint density at radius 1 is 1.12 bits per heavy atom. The van der Waals surface area contributed by atoms with Crippen LogP contribution in [-0.2, 0) is 19.1 Å². The van der Waals surface area contributed by atoms with Crippen molar-refractivity contribution in [2.24, 2.45) is 0 Å². The highest BCUT2D eigenvalue weighted by Crippen LogP contribution is 2.06. The SMILES string of the molecule is C[N+](C)(C)C[C@@H](CC(=O)O)OC(=O)CC(=O)O. The molecule has 0 saturated carbocycles. The van der Waals surface area contributed by atoms with Gasteiger partial charge in [0.2, 0.25) is 0 Å². The van der Waals surface area contributed by atoms with Crippen LogP contribution in [0.15, 0.2) is 0 Å². The minimum atomic E-state index is -1.30. The second-order valence-corrected chi connectivity index (χ2v) is 4.75. The molecule has 0 unspecified atom stereocenters. The summed E-state index contributed by atoms with van der Waals surface area (Å²) in [6.45, 7) is 0.303. The molecule has 1 atom stereocenters. The van der Waals surface area contributed by atoms with Gasteiger partial charge in [-0.15, -0.1) is 0 Å². The summed E-state index contributed by atoms with van der Waals surface area (Å²) in [7, 11) is 5.46. The molecule has 0 aliphatic heterocycles. The Bertz CT molecular complexity index is 306. The molecule has 0 rings (SSSR count). The van der Waals surface area contributed by atoms with Gasteiger partial charge in [0.25, 0.3) is 0 Å². The third-order valence-corrected chi connectivity index (χ3v) is 1.75. The minimum Gasteiger partial charge on any atom is -0.481 e. The fraction of sp³-hybridized carbons (Fsp3) is 0.700. The molecule has 0 aromatic rings. The van der Waals surface area contributed by atoms with Crippen LogP contribution in [0, 0.1) is 0 Å². The van der Waals surface area contributed by atoms with Gasteiger partial charge in [0.15, 0.2) is 6.10 Å². The zero-order valence-corrected chi connectivity index (χ0v) is 10.2. The summed E-state index contributed by atoms with van der Waals surface area (Å²) in [5.74, 6) is -3.31. The summed E-state index contributed by atoms with van der Waals surface area (Å²) in [5, 5.41) is 17.1. The number of hydrogen-bond donors (Lipinski definition) is 2. The minimum absolute atomic E-state index is 0.303. The van der Waals surface area contributed by atoms with Gasteiger partial charge in [-0.1, -0.05) is 0 Å². The van der Waals surface area contributed by atoms with Crippen LogP contribution in [0.4, 0.5) is 0 Å². The molecule has 0 spiro atoms. The highest BCUT2D eigenvalue weighted by molar-refractivity contribution is 5.90. The summed E-state index contributed by atoms with van der Waals surface area (Å²) in [4.78, 5) is 32.0. The third kappa shape index (κ3) is 9.31. The maximum atomic E-state index is 11.1. The van der Waals surface area contributed by atoms with Gasteiger partial charge in [-0.25, -0.2) is 0 Å². The fourth-order valence-electron chi connectivity index (χ4n) is 1.30. The van der Waals surface area contributed by atoms with Crippen LogP contribution < -0.4 is 0 Å². The molecule has 17 heavy (non-hydrogen) atoms. The number of carbonyl (C=O) groups is 3. The highest BCUT2D eigenvalue weighted by Gasteiger charge is 2.25. The Labute approximate surface area is 99.2 Å². The largest absolute Gasteiger partial charge is 0.481 e. The van der Waals surface area contributed by atoms with Crippen molar-refractivity contribution in [3.63, 3.8) is 0 Å². The summed E-state index contributed by atoms with van der Waals surface area (Å²) < 4.78 is 5.25. The van der Waals surface area contributed by atoms with E-state index in [-0.39, 0.29) is 6.42 Å². The summed E-state index contributed by atoms with van der Waals surface area (Å²) in [5.41, 5.74) is 0. The quantitative estimate of drug-likeness (QED) is 0.359. The zero-order valence-electron chi connectivity index (χ0n) is 10.2. The monoisotopic (exact) mass is 248 g/mol. The Kier molecular flexibility index (Phi) is 5.60. The predicted octanol–water partition coefficient (Wildman–Crippen LogP) is -0.446. The second kappa shape index (κ2) is 6.19. The van der Waals surface area contributed by atoms with Crippen molar-refractivity contribution in [2.45, 2.75) is 18.9 Å². The summed E-state index contributed by atoms with van der Waals surface area (Å²) in [6, 6.07) is 0. The smallest absolute Gasteiger partial charge is 0.317 e. The lowest BCUT2D eigenvalue weighted by molar-refractivity contribution is -0.873. The average molecular weight is 248 g/mol. The van der Waals surface area contributed by atoms with E-state index in [1.54, 1.807) is 0 Å². The molecule has 0 amide bonds. The molecule has 2 N–H and O–H groups in total. The van der Waals surface area contributed by atoms with Crippen molar-refractivity contribution in [1.82, 2.24) is 0 Å². The van der Waals surface area contributed by atoms with Gasteiger partial charge in [0, 0.05) is 0 Å². The van der Waals surface area contributed by atoms with E-state index in [0.717, 1.165) is 0 Å². The molecule has 0 bridgehead atoms. The molecular weight excluding hydrogens is 230 g/mol. The number of esters is 1. The third-order valence-electron chi connectivity index (χ3n) is 1.75. The first kappa shape index (κ1) is 15.4. The van der Waals surface area contributed by atoms with Gasteiger partial charge < -0.3 is 19.4 Å². The first-order valence-corrected chi connectivity index (χ1v) is 5.03. The Morgan fingerprint density at radius 3 is 2.00 bits per heavy atom. The highest BCUT2D eigenvalue weighted by atomic mass is 16.5. The maximum absolute atomic E-state index is 11.1. The van der Waals surface area contributed by atoms with Crippen LogP contribution in [0.1, 0.15) is 12.8 Å². The van der Waals surface area contributed by atoms with E-state index >= 15 is 0 Å². The molecule has 7 nitrogen and oxygen atoms in total. The van der Waals surface area contributed by atoms with E-state index in [4.69, 9.17) is 14.9 Å². The van der Waals surface area contributed by atoms with Gasteiger partial charge in [0.05, 0.1) is 27.6 Å². The number of carbonyl (C=O) groups excluding carboxylic acids is 1. The van der Waals surface area contributed by atoms with Crippen LogP contribution in [-0.4, -0.2) is 66.4 Å². The molecule has 0 radical (unpaired) electrons. The number of carboxylic acids is 2. The molecule has 0 aliphatic rings. The van der Waals surface area contributed by atoms with Crippen LogP contribution in [0.25, 0.3) is 0 Å². The average Bonchev–Trinajstić information content (AvgIpc) is 1.95. The van der Waals surface area contributed by atoms with E-state index in [0.29, 0.717) is 11.0 Å². The number of aliphatic carboxylic acids is 2. The van der Waals surface area contributed by atoms with Crippen LogP contribution in [0.3, 0.4) is 0 Å². The number of hydrogen-bond acceptors (Lipinski definition) is 4. The second-order valence-electron chi connectivity index (χ2n) is 4.75. The normalized spacial score (nSPS) is 12.9. The molecule has 0 saturated heterocycles. The topological polar surface area (TPSA) is 101 Å². The van der Waals surface area contributed by atoms with Crippen molar-refractivity contribution in [3.05, 3.63) is 0 Å². The lowest BCUT2D eigenvalue weighted by atomic mass is 10.2. The van der Waals surface area contributed by atoms with Crippen molar-refractivity contribution in [3.8, 4) is 0 Å². The van der Waals surface area contributed by atoms with Gasteiger partial charge in [0.1, 0.15) is 13.0 Å². The maximum Gasteiger partial charge on any atom is 0.317 e. The Hall–Kier alpha value is -1.63. The molecule has 7 heteroatoms. The molecule has 0 fully saturated rings. The lowest BCUT2D eigenvalue weighted by Gasteiger charge is -2.28. The lowest BCUT2D eigenvalue weighted by Crippen LogP contribution is -2.44. The standard InChI is InChI=1S/C10H17NO6/c1-11(2,3)6-7(4-8(12)13)17-10(16)5-9(14)15/h7H,4-6H2,1-3H3,(H-,12,13,14,15)/p+1/t7-/m1/s1. The van der Waals surface area contributed by atoms with Gasteiger partial charge >= 0.3 is 17.9 Å². The van der Waals surface area contributed by atoms with E-state index in [1.165, 1.54) is 0 Å². The summed E-state index contributed by atoms with van der Waals surface area (Å²) in [6.07, 6.45) is -1.91. The van der Waals surface area contributed by atoms with Crippen molar-refractivity contribution >= 4 is 17.9 Å². The Balaban J connectivity index is 4.43. The van der Waals surface area contributed by atoms with Crippen LogP contribution in [0.5, 0.6) is 0 Å². The van der Waals surface area contributed by atoms with Gasteiger partial charge in [-0.3, -0.25) is 14.4 Å².